The Kier molecular flexibility index (Phi) is 5.73. The zero-order chi connectivity index (χ0) is 14.4. The van der Waals surface area contributed by atoms with Crippen LogP contribution in [0.4, 0.5) is 5.69 Å². The second-order valence-corrected chi connectivity index (χ2v) is 6.99. The van der Waals surface area contributed by atoms with Crippen LogP contribution in [0.3, 0.4) is 0 Å². The van der Waals surface area contributed by atoms with Crippen LogP contribution in [0, 0.1) is 10.1 Å². The molecule has 0 saturated carbocycles. The molecule has 0 spiro atoms. The summed E-state index contributed by atoms with van der Waals surface area (Å²) in [7, 11) is 0. The molecule has 0 fully saturated rings. The summed E-state index contributed by atoms with van der Waals surface area (Å²) in [5.74, 6) is 0. The van der Waals surface area contributed by atoms with Crippen molar-refractivity contribution in [2.24, 2.45) is 0 Å². The van der Waals surface area contributed by atoms with Gasteiger partial charge in [0.2, 0.25) is 0 Å². The third kappa shape index (κ3) is 4.42. The molecule has 0 amide bonds. The average molecular weight is 354 g/mol. The third-order valence-electron chi connectivity index (χ3n) is 3.15. The van der Waals surface area contributed by atoms with E-state index in [4.69, 9.17) is 0 Å². The molecule has 0 aliphatic heterocycles. The highest BCUT2D eigenvalue weighted by molar-refractivity contribution is 9.09. The van der Waals surface area contributed by atoms with Crippen LogP contribution in [-0.4, -0.2) is 9.75 Å². The van der Waals surface area contributed by atoms with Gasteiger partial charge in [-0.25, -0.2) is 0 Å². The normalized spacial score (nSPS) is 12.2. The highest BCUT2D eigenvalue weighted by Crippen LogP contribution is 2.24. The molecule has 0 radical (unpaired) electrons. The number of aryl methyl sites for hydroxylation is 1. The number of nitrogens with zero attached hydrogens (tertiary/aromatic N) is 1. The van der Waals surface area contributed by atoms with Gasteiger partial charge in [0, 0.05) is 21.3 Å². The Morgan fingerprint density at radius 1 is 1.25 bits per heavy atom. The van der Waals surface area contributed by atoms with Gasteiger partial charge in [-0.2, -0.15) is 0 Å². The molecule has 106 valence electrons. The van der Waals surface area contributed by atoms with Gasteiger partial charge in [0.1, 0.15) is 0 Å². The summed E-state index contributed by atoms with van der Waals surface area (Å²) in [6, 6.07) is 11.2. The van der Waals surface area contributed by atoms with E-state index in [2.05, 4.69) is 33.4 Å². The zero-order valence-electron chi connectivity index (χ0n) is 11.0. The van der Waals surface area contributed by atoms with Gasteiger partial charge in [-0.1, -0.05) is 40.2 Å². The maximum absolute atomic E-state index is 11.0. The number of halogens is 1. The smallest absolute Gasteiger partial charge is 0.258 e. The number of nitro benzene ring substituents is 1. The third-order valence-corrected chi connectivity index (χ3v) is 4.87. The lowest BCUT2D eigenvalue weighted by molar-refractivity contribution is -0.385. The first-order chi connectivity index (χ1) is 9.66. The predicted molar refractivity (Wildman–Crippen MR) is 86.8 cm³/mol. The summed E-state index contributed by atoms with van der Waals surface area (Å²) in [5.41, 5.74) is 1.02. The number of para-hydroxylation sites is 1. The minimum Gasteiger partial charge on any atom is -0.258 e. The molecule has 3 nitrogen and oxygen atoms in total. The molecule has 20 heavy (non-hydrogen) atoms. The summed E-state index contributed by atoms with van der Waals surface area (Å²) in [4.78, 5) is 12.3. The fourth-order valence-corrected chi connectivity index (χ4v) is 3.58. The van der Waals surface area contributed by atoms with E-state index in [-0.39, 0.29) is 15.4 Å². The topological polar surface area (TPSA) is 43.1 Å². The van der Waals surface area contributed by atoms with Gasteiger partial charge in [-0.05, 0) is 37.1 Å². The summed E-state index contributed by atoms with van der Waals surface area (Å²) in [6.07, 6.45) is 3.89. The SMILES string of the molecule is O=[N+]([O-])c1ccccc1CC(Br)CCCc1cccs1. The minimum atomic E-state index is -0.305. The van der Waals surface area contributed by atoms with Crippen molar-refractivity contribution in [1.82, 2.24) is 0 Å². The summed E-state index contributed by atoms with van der Waals surface area (Å²) in [5, 5.41) is 13.1. The first kappa shape index (κ1) is 15.2. The van der Waals surface area contributed by atoms with Gasteiger partial charge in [-0.3, -0.25) is 10.1 Å². The maximum Gasteiger partial charge on any atom is 0.272 e. The number of nitro groups is 1. The number of thiophene rings is 1. The second kappa shape index (κ2) is 7.55. The molecule has 0 bridgehead atoms. The number of rotatable bonds is 7. The van der Waals surface area contributed by atoms with Gasteiger partial charge in [-0.15, -0.1) is 11.3 Å². The van der Waals surface area contributed by atoms with Gasteiger partial charge in [0.15, 0.2) is 0 Å². The van der Waals surface area contributed by atoms with Crippen molar-refractivity contribution in [3.63, 3.8) is 0 Å². The molecule has 0 N–H and O–H groups in total. The lowest BCUT2D eigenvalue weighted by Gasteiger charge is -2.09. The van der Waals surface area contributed by atoms with Crippen LogP contribution in [0.1, 0.15) is 23.3 Å². The van der Waals surface area contributed by atoms with E-state index < -0.39 is 0 Å². The van der Waals surface area contributed by atoms with E-state index in [1.807, 2.05) is 12.1 Å². The van der Waals surface area contributed by atoms with Crippen molar-refractivity contribution in [2.45, 2.75) is 30.5 Å². The van der Waals surface area contributed by atoms with E-state index in [0.29, 0.717) is 6.42 Å². The molecule has 1 aromatic heterocycles. The number of hydrogen-bond acceptors (Lipinski definition) is 3. The summed E-state index contributed by atoms with van der Waals surface area (Å²) in [6.45, 7) is 0. The van der Waals surface area contributed by atoms with Gasteiger partial charge < -0.3 is 0 Å². The van der Waals surface area contributed by atoms with Gasteiger partial charge in [0.05, 0.1) is 4.92 Å². The Bertz CT molecular complexity index is 557. The monoisotopic (exact) mass is 353 g/mol. The van der Waals surface area contributed by atoms with E-state index >= 15 is 0 Å². The molecule has 1 unspecified atom stereocenters. The molecular weight excluding hydrogens is 338 g/mol. The molecule has 2 rings (SSSR count). The quantitative estimate of drug-likeness (QED) is 0.400. The maximum atomic E-state index is 11.0. The first-order valence-corrected chi connectivity index (χ1v) is 8.35. The van der Waals surface area contributed by atoms with E-state index in [9.17, 15) is 10.1 Å². The molecule has 0 aliphatic rings. The van der Waals surface area contributed by atoms with Crippen LogP contribution in [0.2, 0.25) is 0 Å². The summed E-state index contributed by atoms with van der Waals surface area (Å²) < 4.78 is 0. The lowest BCUT2D eigenvalue weighted by atomic mass is 10.0. The van der Waals surface area contributed by atoms with Crippen molar-refractivity contribution < 1.29 is 4.92 Å². The van der Waals surface area contributed by atoms with Crippen molar-refractivity contribution in [3.05, 3.63) is 62.3 Å². The number of hydrogen-bond donors (Lipinski definition) is 0. The van der Waals surface area contributed by atoms with Crippen molar-refractivity contribution in [2.75, 3.05) is 0 Å². The van der Waals surface area contributed by atoms with E-state index in [1.165, 1.54) is 4.88 Å². The average Bonchev–Trinajstić information content (AvgIpc) is 2.92. The number of benzene rings is 1. The van der Waals surface area contributed by atoms with Crippen LogP contribution >= 0.6 is 27.3 Å². The van der Waals surface area contributed by atoms with Crippen molar-refractivity contribution in [1.29, 1.82) is 0 Å². The highest BCUT2D eigenvalue weighted by atomic mass is 79.9. The molecular formula is C15H16BrNO2S. The van der Waals surface area contributed by atoms with Crippen LogP contribution in [0.25, 0.3) is 0 Å². The van der Waals surface area contributed by atoms with Gasteiger partial charge >= 0.3 is 0 Å². The fourth-order valence-electron chi connectivity index (χ4n) is 2.15. The predicted octanol–water partition coefficient (Wildman–Crippen LogP) is 4.99. The van der Waals surface area contributed by atoms with Crippen molar-refractivity contribution in [3.8, 4) is 0 Å². The fraction of sp³-hybridized carbons (Fsp3) is 0.333. The molecule has 1 aromatic carbocycles. The molecule has 1 atom stereocenters. The van der Waals surface area contributed by atoms with E-state index in [0.717, 1.165) is 24.8 Å². The molecule has 2 aromatic rings. The Hall–Kier alpha value is -1.20. The number of alkyl halides is 1. The Morgan fingerprint density at radius 2 is 2.05 bits per heavy atom. The van der Waals surface area contributed by atoms with Crippen LogP contribution < -0.4 is 0 Å². The largest absolute Gasteiger partial charge is 0.272 e. The standard InChI is InChI=1S/C15H16BrNO2S/c16-13(6-3-7-14-8-4-10-20-14)11-12-5-1-2-9-15(12)17(18)19/h1-2,4-5,8-10,13H,3,6-7,11H2. The first-order valence-electron chi connectivity index (χ1n) is 6.55. The molecule has 1 heterocycles. The van der Waals surface area contributed by atoms with Crippen molar-refractivity contribution >= 4 is 33.0 Å². The van der Waals surface area contributed by atoms with Crippen LogP contribution in [0.5, 0.6) is 0 Å². The van der Waals surface area contributed by atoms with Gasteiger partial charge in [0.25, 0.3) is 5.69 Å². The Balaban J connectivity index is 1.85. The second-order valence-electron chi connectivity index (χ2n) is 4.66. The van der Waals surface area contributed by atoms with Crippen LogP contribution in [0.15, 0.2) is 41.8 Å². The Labute approximate surface area is 130 Å². The van der Waals surface area contributed by atoms with Crippen LogP contribution in [-0.2, 0) is 12.8 Å². The Morgan fingerprint density at radius 3 is 2.75 bits per heavy atom. The molecule has 0 saturated heterocycles. The highest BCUT2D eigenvalue weighted by Gasteiger charge is 2.15. The lowest BCUT2D eigenvalue weighted by Crippen LogP contribution is -2.05. The molecule has 0 aliphatic carbocycles. The minimum absolute atomic E-state index is 0.218. The zero-order valence-corrected chi connectivity index (χ0v) is 13.4. The molecule has 5 heteroatoms. The summed E-state index contributed by atoms with van der Waals surface area (Å²) >= 11 is 5.42. The van der Waals surface area contributed by atoms with E-state index in [1.54, 1.807) is 23.5 Å².